The Morgan fingerprint density at radius 1 is 1.27 bits per heavy atom. The highest BCUT2D eigenvalue weighted by Crippen LogP contribution is 2.41. The van der Waals surface area contributed by atoms with Crippen LogP contribution in [-0.4, -0.2) is 10.9 Å². The van der Waals surface area contributed by atoms with Gasteiger partial charge in [0.15, 0.2) is 0 Å². The van der Waals surface area contributed by atoms with Crippen molar-refractivity contribution in [1.82, 2.24) is 10.3 Å². The van der Waals surface area contributed by atoms with E-state index in [9.17, 15) is 4.79 Å². The second kappa shape index (κ2) is 7.38. The van der Waals surface area contributed by atoms with Crippen LogP contribution in [0, 0.1) is 18.3 Å². The van der Waals surface area contributed by atoms with E-state index < -0.39 is 0 Å². The molecule has 0 bridgehead atoms. The van der Waals surface area contributed by atoms with Crippen LogP contribution in [0.3, 0.4) is 0 Å². The van der Waals surface area contributed by atoms with E-state index in [1.807, 2.05) is 43.3 Å². The molecule has 0 spiro atoms. The molecule has 6 heteroatoms. The van der Waals surface area contributed by atoms with Crippen molar-refractivity contribution in [1.29, 1.82) is 5.26 Å². The van der Waals surface area contributed by atoms with E-state index in [1.54, 1.807) is 6.07 Å². The summed E-state index contributed by atoms with van der Waals surface area (Å²) in [5, 5.41) is 12.6. The first kappa shape index (κ1) is 17.6. The number of nitrogen functional groups attached to an aromatic ring is 1. The summed E-state index contributed by atoms with van der Waals surface area (Å²) in [4.78, 5) is 16.7. The number of aryl methyl sites for hydroxylation is 1. The zero-order valence-corrected chi connectivity index (χ0v) is 15.4. The monoisotopic (exact) mass is 362 g/mol. The van der Waals surface area contributed by atoms with Gasteiger partial charge in [-0.1, -0.05) is 12.1 Å². The number of nitrogens with one attached hydrogen (secondary N) is 1. The normalized spacial score (nSPS) is 10.3. The van der Waals surface area contributed by atoms with E-state index in [0.29, 0.717) is 17.1 Å². The third-order valence-electron chi connectivity index (χ3n) is 3.84. The second-order valence-corrected chi connectivity index (χ2v) is 7.07. The molecule has 2 heterocycles. The van der Waals surface area contributed by atoms with Gasteiger partial charge in [0, 0.05) is 23.1 Å². The number of pyridine rings is 1. The first-order valence-corrected chi connectivity index (χ1v) is 8.90. The minimum absolute atomic E-state index is 0.0933. The Morgan fingerprint density at radius 2 is 2.08 bits per heavy atom. The number of benzene rings is 1. The summed E-state index contributed by atoms with van der Waals surface area (Å²) in [7, 11) is 0. The topological polar surface area (TPSA) is 91.8 Å². The molecule has 2 aromatic heterocycles. The molecule has 3 N–H and O–H groups in total. The molecule has 0 unspecified atom stereocenters. The van der Waals surface area contributed by atoms with Gasteiger partial charge in [0.25, 0.3) is 0 Å². The van der Waals surface area contributed by atoms with E-state index in [2.05, 4.69) is 16.4 Å². The first-order valence-electron chi connectivity index (χ1n) is 8.08. The van der Waals surface area contributed by atoms with Crippen LogP contribution in [-0.2, 0) is 11.3 Å². The first-order chi connectivity index (χ1) is 12.5. The molecular formula is C20H18N4OS. The molecule has 0 fully saturated rings. The largest absolute Gasteiger partial charge is 0.391 e. The van der Waals surface area contributed by atoms with Gasteiger partial charge in [-0.15, -0.1) is 11.3 Å². The minimum Gasteiger partial charge on any atom is -0.391 e. The van der Waals surface area contributed by atoms with Gasteiger partial charge in [-0.2, -0.15) is 5.26 Å². The third kappa shape index (κ3) is 3.90. The molecule has 0 saturated carbocycles. The number of nitrogens with zero attached hydrogens (tertiary/aromatic N) is 2. The van der Waals surface area contributed by atoms with Crippen LogP contribution >= 0.6 is 11.3 Å². The summed E-state index contributed by atoms with van der Waals surface area (Å²) < 4.78 is 0. The maximum absolute atomic E-state index is 11.2. The number of rotatable bonds is 4. The maximum Gasteiger partial charge on any atom is 0.217 e. The molecule has 5 nitrogen and oxygen atoms in total. The number of hydrogen-bond acceptors (Lipinski definition) is 5. The number of nitrogens with two attached hydrogens (primary N) is 1. The molecule has 3 aromatic rings. The number of nitriles is 1. The van der Waals surface area contributed by atoms with Crippen LogP contribution in [0.2, 0.25) is 0 Å². The van der Waals surface area contributed by atoms with Crippen molar-refractivity contribution in [3.63, 3.8) is 0 Å². The average Bonchev–Trinajstić information content (AvgIpc) is 3.01. The van der Waals surface area contributed by atoms with E-state index >= 15 is 0 Å². The quantitative estimate of drug-likeness (QED) is 0.737. The highest BCUT2D eigenvalue weighted by Gasteiger charge is 2.14. The fourth-order valence-electron chi connectivity index (χ4n) is 2.77. The predicted octanol–water partition coefficient (Wildman–Crippen LogP) is 3.88. The number of aromatic nitrogens is 1. The zero-order chi connectivity index (χ0) is 18.7. The third-order valence-corrected chi connectivity index (χ3v) is 4.85. The van der Waals surface area contributed by atoms with Crippen LogP contribution in [0.25, 0.3) is 21.6 Å². The summed E-state index contributed by atoms with van der Waals surface area (Å²) in [6, 6.07) is 15.5. The summed E-state index contributed by atoms with van der Waals surface area (Å²) >= 11 is 1.50. The Bertz CT molecular complexity index is 1020. The lowest BCUT2D eigenvalue weighted by Crippen LogP contribution is -2.19. The van der Waals surface area contributed by atoms with Crippen LogP contribution in [0.1, 0.15) is 23.9 Å². The molecule has 0 atom stereocenters. The van der Waals surface area contributed by atoms with Crippen molar-refractivity contribution in [3.8, 4) is 27.6 Å². The van der Waals surface area contributed by atoms with E-state index in [1.165, 1.54) is 18.3 Å². The van der Waals surface area contributed by atoms with E-state index in [0.717, 1.165) is 33.0 Å². The molecule has 0 aliphatic heterocycles. The Labute approximate surface area is 156 Å². The molecule has 0 aliphatic carbocycles. The number of carbonyl (C=O) groups excluding carboxylic acids is 1. The second-order valence-electron chi connectivity index (χ2n) is 5.98. The van der Waals surface area contributed by atoms with Crippen molar-refractivity contribution in [2.24, 2.45) is 0 Å². The lowest BCUT2D eigenvalue weighted by Gasteiger charge is -2.09. The molecule has 0 radical (unpaired) electrons. The van der Waals surface area contributed by atoms with Gasteiger partial charge in [-0.05, 0) is 48.4 Å². The van der Waals surface area contributed by atoms with Gasteiger partial charge in [0.1, 0.15) is 0 Å². The van der Waals surface area contributed by atoms with Crippen LogP contribution < -0.4 is 11.1 Å². The Morgan fingerprint density at radius 3 is 2.81 bits per heavy atom. The van der Waals surface area contributed by atoms with Crippen molar-refractivity contribution < 1.29 is 4.79 Å². The SMILES string of the molecule is CC(=O)NCc1cc(-c2sc(N)cc2-c2cccc(C#N)c2)cc(C)n1. The molecule has 3 rings (SSSR count). The highest BCUT2D eigenvalue weighted by molar-refractivity contribution is 7.19. The van der Waals surface area contributed by atoms with Crippen molar-refractivity contribution in [2.75, 3.05) is 5.73 Å². The maximum atomic E-state index is 11.2. The van der Waals surface area contributed by atoms with Crippen LogP contribution in [0.15, 0.2) is 42.5 Å². The van der Waals surface area contributed by atoms with Crippen LogP contribution in [0.5, 0.6) is 0 Å². The van der Waals surface area contributed by atoms with E-state index in [-0.39, 0.29) is 5.91 Å². The number of thiophene rings is 1. The Hall–Kier alpha value is -3.17. The highest BCUT2D eigenvalue weighted by atomic mass is 32.1. The summed E-state index contributed by atoms with van der Waals surface area (Å²) in [5.74, 6) is -0.0933. The molecule has 1 aromatic carbocycles. The summed E-state index contributed by atoms with van der Waals surface area (Å²) in [6.07, 6.45) is 0. The minimum atomic E-state index is -0.0933. The number of carbonyl (C=O) groups is 1. The van der Waals surface area contributed by atoms with Crippen LogP contribution in [0.4, 0.5) is 5.00 Å². The summed E-state index contributed by atoms with van der Waals surface area (Å²) in [5.41, 5.74) is 11.3. The molecule has 0 aliphatic rings. The number of amides is 1. The number of hydrogen-bond donors (Lipinski definition) is 2. The average molecular weight is 362 g/mol. The molecule has 26 heavy (non-hydrogen) atoms. The van der Waals surface area contributed by atoms with Gasteiger partial charge in [0.05, 0.1) is 28.9 Å². The van der Waals surface area contributed by atoms with Gasteiger partial charge >= 0.3 is 0 Å². The Kier molecular flexibility index (Phi) is 5.01. The van der Waals surface area contributed by atoms with Crippen molar-refractivity contribution >= 4 is 22.2 Å². The fraction of sp³-hybridized carbons (Fsp3) is 0.150. The lowest BCUT2D eigenvalue weighted by molar-refractivity contribution is -0.119. The molecule has 0 saturated heterocycles. The van der Waals surface area contributed by atoms with Gasteiger partial charge in [-0.3, -0.25) is 9.78 Å². The van der Waals surface area contributed by atoms with Gasteiger partial charge in [0.2, 0.25) is 5.91 Å². The number of anilines is 1. The smallest absolute Gasteiger partial charge is 0.217 e. The van der Waals surface area contributed by atoms with E-state index in [4.69, 9.17) is 11.0 Å². The lowest BCUT2D eigenvalue weighted by atomic mass is 10.0. The predicted molar refractivity (Wildman–Crippen MR) is 104 cm³/mol. The fourth-order valence-corrected chi connectivity index (χ4v) is 3.70. The summed E-state index contributed by atoms with van der Waals surface area (Å²) in [6.45, 7) is 3.79. The van der Waals surface area contributed by atoms with Crippen molar-refractivity contribution in [2.45, 2.75) is 20.4 Å². The Balaban J connectivity index is 2.07. The van der Waals surface area contributed by atoms with Gasteiger partial charge in [-0.25, -0.2) is 0 Å². The molecule has 130 valence electrons. The zero-order valence-electron chi connectivity index (χ0n) is 14.5. The molecule has 1 amide bonds. The standard InChI is InChI=1S/C20H18N4OS/c1-12-6-16(8-17(24-12)11-23-13(2)25)20-18(9-19(22)26-20)15-5-3-4-14(7-15)10-21/h3-9H,11,22H2,1-2H3,(H,23,25). The van der Waals surface area contributed by atoms with Crippen molar-refractivity contribution in [3.05, 3.63) is 59.4 Å². The van der Waals surface area contributed by atoms with Gasteiger partial charge < -0.3 is 11.1 Å². The molecular weight excluding hydrogens is 344 g/mol.